The minimum Gasteiger partial charge on any atom is -0.447 e. The molecule has 4 heteroatoms. The Morgan fingerprint density at radius 3 is 2.67 bits per heavy atom. The van der Waals surface area contributed by atoms with Crippen LogP contribution in [0.4, 0.5) is 4.79 Å². The van der Waals surface area contributed by atoms with Crippen LogP contribution in [0.15, 0.2) is 0 Å². The van der Waals surface area contributed by atoms with Gasteiger partial charge in [0.1, 0.15) is 6.61 Å². The zero-order valence-electron chi connectivity index (χ0n) is 11.9. The Morgan fingerprint density at radius 2 is 2.11 bits per heavy atom. The van der Waals surface area contributed by atoms with Gasteiger partial charge in [-0.3, -0.25) is 4.79 Å². The Labute approximate surface area is 110 Å². The van der Waals surface area contributed by atoms with Crippen LogP contribution in [0.1, 0.15) is 53.4 Å². The highest BCUT2D eigenvalue weighted by molar-refractivity contribution is 5.93. The first-order valence-corrected chi connectivity index (χ1v) is 6.96. The van der Waals surface area contributed by atoms with Gasteiger partial charge in [0.15, 0.2) is 0 Å². The second kappa shape index (κ2) is 6.76. The number of unbranched alkanes of at least 4 members (excludes halogenated alkanes) is 1. The summed E-state index contributed by atoms with van der Waals surface area (Å²) in [5.41, 5.74) is 0. The highest BCUT2D eigenvalue weighted by Gasteiger charge is 2.39. The SMILES string of the molecule is CCCC[C@@H](C)CC(=O)N1C(=O)OC[C@H]1C(C)C. The highest BCUT2D eigenvalue weighted by Crippen LogP contribution is 2.22. The maximum absolute atomic E-state index is 12.2. The number of carbonyl (C=O) groups excluding carboxylic acids is 2. The molecule has 0 radical (unpaired) electrons. The van der Waals surface area contributed by atoms with Gasteiger partial charge >= 0.3 is 6.09 Å². The first kappa shape index (κ1) is 15.0. The van der Waals surface area contributed by atoms with Gasteiger partial charge in [-0.1, -0.05) is 47.0 Å². The van der Waals surface area contributed by atoms with Gasteiger partial charge in [-0.15, -0.1) is 0 Å². The van der Waals surface area contributed by atoms with Crippen molar-refractivity contribution in [3.63, 3.8) is 0 Å². The third-order valence-corrected chi connectivity index (χ3v) is 3.52. The number of ether oxygens (including phenoxy) is 1. The van der Waals surface area contributed by atoms with E-state index in [-0.39, 0.29) is 17.9 Å². The van der Waals surface area contributed by atoms with Crippen LogP contribution < -0.4 is 0 Å². The van der Waals surface area contributed by atoms with E-state index in [1.54, 1.807) is 0 Å². The fourth-order valence-electron chi connectivity index (χ4n) is 2.26. The molecule has 4 nitrogen and oxygen atoms in total. The summed E-state index contributed by atoms with van der Waals surface area (Å²) >= 11 is 0. The van der Waals surface area contributed by atoms with Crippen molar-refractivity contribution in [2.24, 2.45) is 11.8 Å². The Bertz CT molecular complexity index is 301. The maximum atomic E-state index is 12.2. The van der Waals surface area contributed by atoms with Crippen molar-refractivity contribution < 1.29 is 14.3 Å². The fraction of sp³-hybridized carbons (Fsp3) is 0.857. The summed E-state index contributed by atoms with van der Waals surface area (Å²) in [6.07, 6.45) is 3.28. The van der Waals surface area contributed by atoms with Crippen LogP contribution in [0.25, 0.3) is 0 Å². The van der Waals surface area contributed by atoms with E-state index in [9.17, 15) is 9.59 Å². The largest absolute Gasteiger partial charge is 0.447 e. The van der Waals surface area contributed by atoms with Crippen LogP contribution in [0, 0.1) is 11.8 Å². The van der Waals surface area contributed by atoms with E-state index in [2.05, 4.69) is 13.8 Å². The molecular weight excluding hydrogens is 230 g/mol. The summed E-state index contributed by atoms with van der Waals surface area (Å²) in [6, 6.07) is -0.0941. The lowest BCUT2D eigenvalue weighted by atomic mass is 9.98. The van der Waals surface area contributed by atoms with Gasteiger partial charge in [0.05, 0.1) is 6.04 Å². The third-order valence-electron chi connectivity index (χ3n) is 3.52. The molecule has 0 aromatic carbocycles. The van der Waals surface area contributed by atoms with E-state index >= 15 is 0 Å². The summed E-state index contributed by atoms with van der Waals surface area (Å²) in [6.45, 7) is 8.56. The van der Waals surface area contributed by atoms with Crippen molar-refractivity contribution in [2.45, 2.75) is 59.4 Å². The van der Waals surface area contributed by atoms with E-state index in [0.717, 1.165) is 19.3 Å². The first-order valence-electron chi connectivity index (χ1n) is 6.96. The van der Waals surface area contributed by atoms with Crippen molar-refractivity contribution in [1.82, 2.24) is 4.90 Å². The second-order valence-electron chi connectivity index (χ2n) is 5.60. The molecular formula is C14H25NO3. The van der Waals surface area contributed by atoms with Crippen LogP contribution in [-0.2, 0) is 9.53 Å². The Morgan fingerprint density at radius 1 is 1.44 bits per heavy atom. The van der Waals surface area contributed by atoms with Gasteiger partial charge in [0, 0.05) is 6.42 Å². The zero-order valence-corrected chi connectivity index (χ0v) is 11.9. The van der Waals surface area contributed by atoms with Gasteiger partial charge in [0.25, 0.3) is 0 Å². The van der Waals surface area contributed by atoms with E-state index < -0.39 is 6.09 Å². The summed E-state index contributed by atoms with van der Waals surface area (Å²) in [5, 5.41) is 0. The molecule has 1 saturated heterocycles. The molecule has 0 aromatic rings. The molecule has 1 fully saturated rings. The molecule has 1 heterocycles. The molecule has 18 heavy (non-hydrogen) atoms. The fourth-order valence-corrected chi connectivity index (χ4v) is 2.26. The number of carbonyl (C=O) groups is 2. The molecule has 1 aliphatic heterocycles. The molecule has 2 amide bonds. The molecule has 0 N–H and O–H groups in total. The normalized spacial score (nSPS) is 21.3. The summed E-state index contributed by atoms with van der Waals surface area (Å²) in [4.78, 5) is 25.1. The van der Waals surface area contributed by atoms with Crippen LogP contribution in [0.3, 0.4) is 0 Å². The Hall–Kier alpha value is -1.06. The van der Waals surface area contributed by atoms with Gasteiger partial charge in [-0.05, 0) is 11.8 Å². The monoisotopic (exact) mass is 255 g/mol. The number of imide groups is 1. The standard InChI is InChI=1S/C14H25NO3/c1-5-6-7-11(4)8-13(16)15-12(10(2)3)9-18-14(15)17/h10-12H,5-9H2,1-4H3/t11-,12+/m1/s1. The topological polar surface area (TPSA) is 46.6 Å². The number of nitrogens with zero attached hydrogens (tertiary/aromatic N) is 1. The van der Waals surface area contributed by atoms with Crippen molar-refractivity contribution in [2.75, 3.05) is 6.61 Å². The summed E-state index contributed by atoms with van der Waals surface area (Å²) in [7, 11) is 0. The van der Waals surface area contributed by atoms with Crippen LogP contribution in [0.5, 0.6) is 0 Å². The molecule has 0 saturated carbocycles. The van der Waals surface area contributed by atoms with E-state index in [1.165, 1.54) is 4.90 Å². The number of amides is 2. The minimum atomic E-state index is -0.471. The molecule has 0 aromatic heterocycles. The van der Waals surface area contributed by atoms with Gasteiger partial charge in [-0.25, -0.2) is 9.69 Å². The summed E-state index contributed by atoms with van der Waals surface area (Å²) in [5.74, 6) is 0.491. The molecule has 1 rings (SSSR count). The van der Waals surface area contributed by atoms with E-state index in [1.807, 2.05) is 13.8 Å². The third kappa shape index (κ3) is 3.72. The predicted molar refractivity (Wildman–Crippen MR) is 70.1 cm³/mol. The predicted octanol–water partition coefficient (Wildman–Crippen LogP) is 3.21. The average molecular weight is 255 g/mol. The van der Waals surface area contributed by atoms with E-state index in [0.29, 0.717) is 18.9 Å². The maximum Gasteiger partial charge on any atom is 0.416 e. The van der Waals surface area contributed by atoms with Gasteiger partial charge < -0.3 is 4.74 Å². The minimum absolute atomic E-state index is 0.0835. The van der Waals surface area contributed by atoms with Crippen molar-refractivity contribution in [3.05, 3.63) is 0 Å². The molecule has 0 unspecified atom stereocenters. The molecule has 2 atom stereocenters. The second-order valence-corrected chi connectivity index (χ2v) is 5.60. The Balaban J connectivity index is 2.56. The van der Waals surface area contributed by atoms with Crippen LogP contribution >= 0.6 is 0 Å². The van der Waals surface area contributed by atoms with Crippen molar-refractivity contribution in [1.29, 1.82) is 0 Å². The molecule has 0 spiro atoms. The number of rotatable bonds is 6. The van der Waals surface area contributed by atoms with Crippen molar-refractivity contribution in [3.8, 4) is 0 Å². The first-order chi connectivity index (χ1) is 8.47. The van der Waals surface area contributed by atoms with Gasteiger partial charge in [0.2, 0.25) is 5.91 Å². The number of hydrogen-bond acceptors (Lipinski definition) is 3. The lowest BCUT2D eigenvalue weighted by Crippen LogP contribution is -2.42. The highest BCUT2D eigenvalue weighted by atomic mass is 16.6. The Kier molecular flexibility index (Phi) is 5.63. The molecule has 104 valence electrons. The zero-order chi connectivity index (χ0) is 13.7. The lowest BCUT2D eigenvalue weighted by molar-refractivity contribution is -0.130. The van der Waals surface area contributed by atoms with E-state index in [4.69, 9.17) is 4.74 Å². The number of cyclic esters (lactones) is 1. The lowest BCUT2D eigenvalue weighted by Gasteiger charge is -2.23. The quantitative estimate of drug-likeness (QED) is 0.732. The van der Waals surface area contributed by atoms with Gasteiger partial charge in [-0.2, -0.15) is 0 Å². The average Bonchev–Trinajstić information content (AvgIpc) is 2.68. The molecule has 0 aliphatic carbocycles. The summed E-state index contributed by atoms with van der Waals surface area (Å²) < 4.78 is 4.99. The van der Waals surface area contributed by atoms with Crippen LogP contribution in [0.2, 0.25) is 0 Å². The van der Waals surface area contributed by atoms with Crippen molar-refractivity contribution >= 4 is 12.0 Å². The molecule has 0 bridgehead atoms. The number of hydrogen-bond donors (Lipinski definition) is 0. The molecule has 1 aliphatic rings. The smallest absolute Gasteiger partial charge is 0.416 e. The van der Waals surface area contributed by atoms with Crippen LogP contribution in [-0.4, -0.2) is 29.5 Å².